The van der Waals surface area contributed by atoms with Gasteiger partial charge in [-0.15, -0.1) is 0 Å². The molecule has 5 atom stereocenters. The number of carboxylic acid groups (broad SMARTS) is 1. The first kappa shape index (κ1) is 40.5. The number of aliphatic hydroxyl groups is 1. The summed E-state index contributed by atoms with van der Waals surface area (Å²) in [5.41, 5.74) is 0.270. The number of ether oxygens (including phenoxy) is 6. The maximum Gasteiger partial charge on any atom is 0.407 e. The second-order valence-corrected chi connectivity index (χ2v) is 16.4. The third-order valence-corrected chi connectivity index (χ3v) is 11.7. The Hall–Kier alpha value is -3.67. The lowest BCUT2D eigenvalue weighted by Gasteiger charge is -2.35. The number of benzene rings is 2. The van der Waals surface area contributed by atoms with Crippen molar-refractivity contribution >= 4 is 22.2 Å². The van der Waals surface area contributed by atoms with Crippen LogP contribution in [-0.4, -0.2) is 119 Å². The number of rotatable bonds is 20. The predicted octanol–water partition coefficient (Wildman–Crippen LogP) is 2.74. The van der Waals surface area contributed by atoms with Crippen molar-refractivity contribution in [3.8, 4) is 11.5 Å². The number of methoxy groups -OCH3 is 1. The van der Waals surface area contributed by atoms with E-state index in [-0.39, 0.29) is 56.9 Å². The van der Waals surface area contributed by atoms with Gasteiger partial charge in [0.15, 0.2) is 17.8 Å². The highest BCUT2D eigenvalue weighted by atomic mass is 32.2. The summed E-state index contributed by atoms with van der Waals surface area (Å²) < 4.78 is 62.8. The zero-order valence-electron chi connectivity index (χ0n) is 30.6. The Balaban J connectivity index is 1.30. The third kappa shape index (κ3) is 11.2. The van der Waals surface area contributed by atoms with Gasteiger partial charge in [0, 0.05) is 39.4 Å². The fourth-order valence-electron chi connectivity index (χ4n) is 6.93. The molecule has 2 aromatic carbocycles. The van der Waals surface area contributed by atoms with Crippen molar-refractivity contribution in [3.63, 3.8) is 0 Å². The van der Waals surface area contributed by atoms with E-state index < -0.39 is 52.2 Å². The Kier molecular flexibility index (Phi) is 14.2. The van der Waals surface area contributed by atoms with E-state index in [9.17, 15) is 28.2 Å². The summed E-state index contributed by atoms with van der Waals surface area (Å²) in [7, 11) is -2.70. The van der Waals surface area contributed by atoms with Crippen molar-refractivity contribution in [2.24, 2.45) is 11.3 Å². The highest BCUT2D eigenvalue weighted by molar-refractivity contribution is 7.89. The van der Waals surface area contributed by atoms with Gasteiger partial charge in [-0.1, -0.05) is 57.0 Å². The molecule has 3 heterocycles. The van der Waals surface area contributed by atoms with Gasteiger partial charge in [0.1, 0.15) is 12.2 Å². The Labute approximate surface area is 311 Å². The first-order valence-electron chi connectivity index (χ1n) is 18.1. The average Bonchev–Trinajstić information content (AvgIpc) is 3.88. The van der Waals surface area contributed by atoms with Crippen molar-refractivity contribution in [2.45, 2.75) is 81.8 Å². The van der Waals surface area contributed by atoms with E-state index in [1.807, 2.05) is 44.2 Å². The van der Waals surface area contributed by atoms with E-state index in [1.54, 1.807) is 6.07 Å². The van der Waals surface area contributed by atoms with Crippen LogP contribution in [0.2, 0.25) is 0 Å². The van der Waals surface area contributed by atoms with E-state index >= 15 is 0 Å². The molecule has 2 N–H and O–H groups in total. The molecule has 2 aromatic rings. The van der Waals surface area contributed by atoms with Gasteiger partial charge >= 0.3 is 6.09 Å². The van der Waals surface area contributed by atoms with Gasteiger partial charge < -0.3 is 53.6 Å². The standard InChI is InChI=1S/C37H53N3O12S/c1-37(2,15-8-5-9-16-39(36(43)44)17-19-47-3)24-40(53(45,46)27-12-13-31-32(21-27)51-25-50-31)22-30(41)29(20-26-10-6-4-7-11-26)38-35(42)52-33-23-49-34-28(33)14-18-48-34/h4,6-7,10-13,21,28-30,33-34,41H,5,8-9,14-20,22-25H2,1-3H3,(H,38,42)(H,43,44)/p-1/t28-,29-,30+,33-,34+/m0/s1. The van der Waals surface area contributed by atoms with E-state index in [2.05, 4.69) is 5.32 Å². The number of amides is 2. The van der Waals surface area contributed by atoms with Crippen LogP contribution in [0.3, 0.4) is 0 Å². The molecule has 294 valence electrons. The molecule has 0 spiro atoms. The van der Waals surface area contributed by atoms with Crippen LogP contribution >= 0.6 is 0 Å². The molecule has 2 amide bonds. The monoisotopic (exact) mass is 762 g/mol. The molecule has 5 rings (SSSR count). The number of carbonyl (C=O) groups excluding carboxylic acids is 2. The number of nitrogens with zero attached hydrogens (tertiary/aromatic N) is 2. The third-order valence-electron chi connectivity index (χ3n) is 9.89. The number of hydrogen-bond donors (Lipinski definition) is 2. The minimum Gasteiger partial charge on any atom is -0.530 e. The Bertz CT molecular complexity index is 1610. The van der Waals surface area contributed by atoms with Crippen molar-refractivity contribution in [3.05, 3.63) is 54.1 Å². The smallest absolute Gasteiger partial charge is 0.407 e. The molecule has 0 aromatic heterocycles. The maximum absolute atomic E-state index is 14.4. The number of aliphatic hydroxyl groups excluding tert-OH is 1. The van der Waals surface area contributed by atoms with E-state index in [0.717, 1.165) is 5.56 Å². The molecule has 0 unspecified atom stereocenters. The number of alkyl carbamates (subject to hydrolysis) is 1. The average molecular weight is 763 g/mol. The van der Waals surface area contributed by atoms with Gasteiger partial charge in [0.05, 0.1) is 42.8 Å². The first-order chi connectivity index (χ1) is 25.4. The molecule has 2 fully saturated rings. The molecule has 15 nitrogen and oxygen atoms in total. The zero-order valence-corrected chi connectivity index (χ0v) is 31.5. The van der Waals surface area contributed by atoms with Crippen LogP contribution in [0.25, 0.3) is 0 Å². The predicted molar refractivity (Wildman–Crippen MR) is 190 cm³/mol. The van der Waals surface area contributed by atoms with Crippen LogP contribution in [0.5, 0.6) is 11.5 Å². The number of sulfonamides is 1. The Morgan fingerprint density at radius 2 is 1.83 bits per heavy atom. The molecule has 0 bridgehead atoms. The summed E-state index contributed by atoms with van der Waals surface area (Å²) in [5.74, 6) is 0.662. The zero-order chi connectivity index (χ0) is 38.0. The number of unbranched alkanes of at least 4 members (excludes halogenated alkanes) is 2. The quantitative estimate of drug-likeness (QED) is 0.188. The van der Waals surface area contributed by atoms with Crippen LogP contribution in [0.15, 0.2) is 53.4 Å². The Morgan fingerprint density at radius 1 is 1.06 bits per heavy atom. The SMILES string of the molecule is COCCN(CCCCCC(C)(C)CN(C[C@@H](O)[C@H](Cc1ccccc1)NC(=O)O[C@H]1CO[C@H]2OCC[C@H]21)S(=O)(=O)c1ccc2c(c1)OCO2)C(=O)[O-]. The highest BCUT2D eigenvalue weighted by Crippen LogP contribution is 2.36. The summed E-state index contributed by atoms with van der Waals surface area (Å²) in [6, 6.07) is 12.8. The molecule has 16 heteroatoms. The van der Waals surface area contributed by atoms with Crippen LogP contribution in [0.1, 0.15) is 51.5 Å². The molecule has 3 aliphatic heterocycles. The molecule has 53 heavy (non-hydrogen) atoms. The lowest BCUT2D eigenvalue weighted by atomic mass is 9.86. The van der Waals surface area contributed by atoms with Crippen molar-refractivity contribution in [1.82, 2.24) is 14.5 Å². The van der Waals surface area contributed by atoms with E-state index in [4.69, 9.17) is 28.4 Å². The topological polar surface area (TPSA) is 185 Å². The minimum absolute atomic E-state index is 0.0221. The van der Waals surface area contributed by atoms with Gasteiger partial charge in [0.2, 0.25) is 16.8 Å². The molecular formula is C37H52N3O12S-. The number of nitrogens with one attached hydrogen (secondary N) is 1. The normalized spacial score (nSPS) is 20.6. The molecule has 0 aliphatic carbocycles. The van der Waals surface area contributed by atoms with Crippen LogP contribution in [-0.2, 0) is 35.4 Å². The number of hydrogen-bond acceptors (Lipinski definition) is 12. The van der Waals surface area contributed by atoms with Crippen LogP contribution < -0.4 is 19.9 Å². The van der Waals surface area contributed by atoms with Gasteiger partial charge in [0.25, 0.3) is 0 Å². The van der Waals surface area contributed by atoms with Crippen molar-refractivity contribution < 1.29 is 56.6 Å². The van der Waals surface area contributed by atoms with Gasteiger partial charge in [-0.2, -0.15) is 4.31 Å². The maximum atomic E-state index is 14.4. The summed E-state index contributed by atoms with van der Waals surface area (Å²) >= 11 is 0. The van der Waals surface area contributed by atoms with Crippen LogP contribution in [0, 0.1) is 11.3 Å². The Morgan fingerprint density at radius 3 is 2.58 bits per heavy atom. The second kappa shape index (κ2) is 18.6. The van der Waals surface area contributed by atoms with E-state index in [1.165, 1.54) is 28.4 Å². The van der Waals surface area contributed by atoms with Crippen molar-refractivity contribution in [2.75, 3.05) is 59.9 Å². The summed E-state index contributed by atoms with van der Waals surface area (Å²) in [6.07, 6.45) is -0.682. The largest absolute Gasteiger partial charge is 0.530 e. The molecule has 3 aliphatic rings. The minimum atomic E-state index is -4.21. The summed E-state index contributed by atoms with van der Waals surface area (Å²) in [5, 5.41) is 26.1. The van der Waals surface area contributed by atoms with E-state index in [0.29, 0.717) is 56.8 Å². The number of fused-ring (bicyclic) bond motifs is 2. The first-order valence-corrected chi connectivity index (χ1v) is 19.6. The van der Waals surface area contributed by atoms with Gasteiger partial charge in [-0.05, 0) is 48.8 Å². The van der Waals surface area contributed by atoms with Crippen molar-refractivity contribution in [1.29, 1.82) is 0 Å². The summed E-state index contributed by atoms with van der Waals surface area (Å²) in [4.78, 5) is 25.9. The molecule has 0 saturated carbocycles. The molecular weight excluding hydrogens is 710 g/mol. The second-order valence-electron chi connectivity index (χ2n) is 14.5. The molecule has 2 saturated heterocycles. The van der Waals surface area contributed by atoms with Gasteiger partial charge in [-0.25, -0.2) is 13.2 Å². The van der Waals surface area contributed by atoms with Gasteiger partial charge in [-0.3, -0.25) is 0 Å². The fourth-order valence-corrected chi connectivity index (χ4v) is 8.59. The fraction of sp³-hybridized carbons (Fsp3) is 0.622. The molecule has 0 radical (unpaired) electrons. The lowest BCUT2D eigenvalue weighted by molar-refractivity contribution is -0.266. The van der Waals surface area contributed by atoms with Crippen LogP contribution in [0.4, 0.5) is 9.59 Å². The summed E-state index contributed by atoms with van der Waals surface area (Å²) in [6.45, 7) is 5.13. The number of carbonyl (C=O) groups is 2. The lowest BCUT2D eigenvalue weighted by Crippen LogP contribution is -2.52. The highest BCUT2D eigenvalue weighted by Gasteiger charge is 2.44.